The van der Waals surface area contributed by atoms with Crippen LogP contribution in [0.3, 0.4) is 0 Å². The molecule has 6 nitrogen and oxygen atoms in total. The molecule has 118 valence electrons. The van der Waals surface area contributed by atoms with E-state index in [0.29, 0.717) is 11.3 Å². The number of amides is 1. The fraction of sp³-hybridized carbons (Fsp3) is 0.111. The summed E-state index contributed by atoms with van der Waals surface area (Å²) >= 11 is 0. The Morgan fingerprint density at radius 1 is 1.17 bits per heavy atom. The number of benzene rings is 1. The van der Waals surface area contributed by atoms with E-state index < -0.39 is 0 Å². The van der Waals surface area contributed by atoms with Crippen LogP contribution in [0.1, 0.15) is 27.4 Å². The number of imidazole rings is 1. The summed E-state index contributed by atoms with van der Waals surface area (Å²) in [7, 11) is 0. The van der Waals surface area contributed by atoms with Gasteiger partial charge in [0.1, 0.15) is 11.8 Å². The van der Waals surface area contributed by atoms with Gasteiger partial charge in [-0.15, -0.1) is 0 Å². The van der Waals surface area contributed by atoms with Crippen molar-refractivity contribution in [2.24, 2.45) is 0 Å². The van der Waals surface area contributed by atoms with Crippen LogP contribution in [0, 0.1) is 25.2 Å². The molecule has 0 fully saturated rings. The molecule has 0 unspecified atom stereocenters. The lowest BCUT2D eigenvalue weighted by Crippen LogP contribution is -2.12. The third kappa shape index (κ3) is 3.01. The molecule has 0 bridgehead atoms. The van der Waals surface area contributed by atoms with Crippen molar-refractivity contribution in [1.82, 2.24) is 14.5 Å². The molecule has 2 aromatic heterocycles. The highest BCUT2D eigenvalue weighted by Gasteiger charge is 2.08. The number of pyridine rings is 1. The molecule has 3 aromatic rings. The number of carbonyl (C=O) groups is 1. The molecule has 0 spiro atoms. The molecule has 24 heavy (non-hydrogen) atoms. The zero-order chi connectivity index (χ0) is 17.1. The molecule has 1 N–H and O–H groups in total. The topological polar surface area (TPSA) is 83.6 Å². The van der Waals surface area contributed by atoms with Crippen LogP contribution in [0.15, 0.2) is 48.9 Å². The summed E-state index contributed by atoms with van der Waals surface area (Å²) in [5.41, 5.74) is 4.32. The molecule has 0 aliphatic rings. The number of nitrogens with one attached hydrogen (secondary N) is 1. The number of aromatic nitrogens is 3. The van der Waals surface area contributed by atoms with E-state index in [-0.39, 0.29) is 11.6 Å². The Labute approximate surface area is 139 Å². The second kappa shape index (κ2) is 6.34. The van der Waals surface area contributed by atoms with E-state index in [0.717, 1.165) is 17.1 Å². The first-order valence-electron chi connectivity index (χ1n) is 7.37. The molecule has 1 amide bonds. The zero-order valence-corrected chi connectivity index (χ0v) is 13.3. The van der Waals surface area contributed by atoms with E-state index >= 15 is 0 Å². The summed E-state index contributed by atoms with van der Waals surface area (Å²) in [6, 6.07) is 12.4. The minimum atomic E-state index is -0.281. The van der Waals surface area contributed by atoms with E-state index in [4.69, 9.17) is 5.26 Å². The second-order valence-electron chi connectivity index (χ2n) is 5.33. The summed E-state index contributed by atoms with van der Waals surface area (Å²) in [6.07, 6.45) is 3.22. The molecule has 0 atom stereocenters. The number of aryl methyl sites for hydroxylation is 1. The monoisotopic (exact) mass is 317 g/mol. The first-order valence-corrected chi connectivity index (χ1v) is 7.37. The van der Waals surface area contributed by atoms with Crippen molar-refractivity contribution in [3.63, 3.8) is 0 Å². The van der Waals surface area contributed by atoms with Crippen molar-refractivity contribution >= 4 is 11.6 Å². The maximum atomic E-state index is 12.2. The predicted octanol–water partition coefficient (Wildman–Crippen LogP) is 3.01. The van der Waals surface area contributed by atoms with Crippen molar-refractivity contribution in [3.05, 3.63) is 71.6 Å². The van der Waals surface area contributed by atoms with Gasteiger partial charge in [-0.3, -0.25) is 4.79 Å². The smallest absolute Gasteiger partial charge is 0.255 e. The van der Waals surface area contributed by atoms with Crippen LogP contribution >= 0.6 is 0 Å². The fourth-order valence-electron chi connectivity index (χ4n) is 2.30. The van der Waals surface area contributed by atoms with E-state index in [2.05, 4.69) is 15.3 Å². The van der Waals surface area contributed by atoms with Gasteiger partial charge in [0.2, 0.25) is 0 Å². The summed E-state index contributed by atoms with van der Waals surface area (Å²) in [5.74, 6) is -0.281. The molecule has 0 aliphatic carbocycles. The minimum Gasteiger partial charge on any atom is -0.322 e. The largest absolute Gasteiger partial charge is 0.322 e. The van der Waals surface area contributed by atoms with Crippen molar-refractivity contribution in [1.29, 1.82) is 5.26 Å². The van der Waals surface area contributed by atoms with Gasteiger partial charge in [0.25, 0.3) is 5.91 Å². The molecular formula is C18H15N5O. The fourth-order valence-corrected chi connectivity index (χ4v) is 2.30. The summed E-state index contributed by atoms with van der Waals surface area (Å²) < 4.78 is 1.99. The van der Waals surface area contributed by atoms with Crippen LogP contribution in [0.4, 0.5) is 5.69 Å². The Balaban J connectivity index is 1.78. The van der Waals surface area contributed by atoms with Crippen LogP contribution in [-0.2, 0) is 0 Å². The van der Waals surface area contributed by atoms with Crippen LogP contribution in [0.25, 0.3) is 5.69 Å². The number of nitrogens with zero attached hydrogens (tertiary/aromatic N) is 4. The molecule has 0 radical (unpaired) electrons. The highest BCUT2D eigenvalue weighted by atomic mass is 16.1. The Morgan fingerprint density at radius 3 is 2.54 bits per heavy atom. The molecule has 0 saturated heterocycles. The zero-order valence-electron chi connectivity index (χ0n) is 13.3. The summed E-state index contributed by atoms with van der Waals surface area (Å²) in [5, 5.41) is 11.7. The normalized spacial score (nSPS) is 10.2. The lowest BCUT2D eigenvalue weighted by Gasteiger charge is -2.08. The maximum Gasteiger partial charge on any atom is 0.255 e. The van der Waals surface area contributed by atoms with Gasteiger partial charge >= 0.3 is 0 Å². The van der Waals surface area contributed by atoms with Gasteiger partial charge in [0.15, 0.2) is 0 Å². The van der Waals surface area contributed by atoms with Gasteiger partial charge in [-0.2, -0.15) is 5.26 Å². The van der Waals surface area contributed by atoms with Crippen molar-refractivity contribution < 1.29 is 4.79 Å². The number of hydrogen-bond donors (Lipinski definition) is 1. The number of rotatable bonds is 3. The number of nitriles is 1. The average molecular weight is 317 g/mol. The van der Waals surface area contributed by atoms with Gasteiger partial charge in [-0.1, -0.05) is 0 Å². The summed E-state index contributed by atoms with van der Waals surface area (Å²) in [4.78, 5) is 20.4. The second-order valence-corrected chi connectivity index (χ2v) is 5.33. The standard InChI is InChI=1S/C18H15N5O/c1-12-13(2)23(11-21-12)17-5-3-15(4-6-17)22-18(24)14-7-8-20-16(9-14)10-19/h3-9,11H,1-2H3,(H,22,24). The van der Waals surface area contributed by atoms with Gasteiger partial charge in [-0.25, -0.2) is 9.97 Å². The van der Waals surface area contributed by atoms with Crippen molar-refractivity contribution in [3.8, 4) is 11.8 Å². The van der Waals surface area contributed by atoms with Crippen LogP contribution < -0.4 is 5.32 Å². The first-order chi connectivity index (χ1) is 11.6. The first kappa shape index (κ1) is 15.4. The van der Waals surface area contributed by atoms with Crippen LogP contribution in [0.5, 0.6) is 0 Å². The van der Waals surface area contributed by atoms with Crippen LogP contribution in [-0.4, -0.2) is 20.4 Å². The molecular weight excluding hydrogens is 302 g/mol. The predicted molar refractivity (Wildman–Crippen MR) is 89.9 cm³/mol. The van der Waals surface area contributed by atoms with Crippen molar-refractivity contribution in [2.45, 2.75) is 13.8 Å². The molecule has 3 rings (SSSR count). The molecule has 1 aromatic carbocycles. The van der Waals surface area contributed by atoms with E-state index in [1.54, 1.807) is 12.4 Å². The van der Waals surface area contributed by atoms with Gasteiger partial charge in [-0.05, 0) is 50.2 Å². The SMILES string of the molecule is Cc1ncn(-c2ccc(NC(=O)c3ccnc(C#N)c3)cc2)c1C. The van der Waals surface area contributed by atoms with Crippen LogP contribution in [0.2, 0.25) is 0 Å². The highest BCUT2D eigenvalue weighted by molar-refractivity contribution is 6.04. The molecule has 0 saturated carbocycles. The van der Waals surface area contributed by atoms with Gasteiger partial charge < -0.3 is 9.88 Å². The molecule has 6 heteroatoms. The Kier molecular flexibility index (Phi) is 4.08. The Hall–Kier alpha value is -3.46. The minimum absolute atomic E-state index is 0.212. The average Bonchev–Trinajstić information content (AvgIpc) is 2.95. The molecule has 2 heterocycles. The highest BCUT2D eigenvalue weighted by Crippen LogP contribution is 2.17. The van der Waals surface area contributed by atoms with E-state index in [9.17, 15) is 4.79 Å². The molecule has 0 aliphatic heterocycles. The third-order valence-electron chi connectivity index (χ3n) is 3.79. The quantitative estimate of drug-likeness (QED) is 0.805. The van der Waals surface area contributed by atoms with Crippen molar-refractivity contribution in [2.75, 3.05) is 5.32 Å². The van der Waals surface area contributed by atoms with E-state index in [1.165, 1.54) is 12.3 Å². The number of anilines is 1. The number of hydrogen-bond acceptors (Lipinski definition) is 4. The lowest BCUT2D eigenvalue weighted by atomic mass is 10.2. The third-order valence-corrected chi connectivity index (χ3v) is 3.79. The maximum absolute atomic E-state index is 12.2. The lowest BCUT2D eigenvalue weighted by molar-refractivity contribution is 0.102. The summed E-state index contributed by atoms with van der Waals surface area (Å²) in [6.45, 7) is 3.97. The Bertz CT molecular complexity index is 935. The van der Waals surface area contributed by atoms with E-state index in [1.807, 2.05) is 48.7 Å². The van der Waals surface area contributed by atoms with Gasteiger partial charge in [0.05, 0.1) is 12.0 Å². The Morgan fingerprint density at radius 2 is 1.92 bits per heavy atom. The van der Waals surface area contributed by atoms with Gasteiger partial charge in [0, 0.05) is 28.8 Å². The number of carbonyl (C=O) groups excluding carboxylic acids is 1.